The number of hydrogen-bond acceptors (Lipinski definition) is 7. The number of carbonyl (C=O) groups excluding carboxylic acids is 2. The fraction of sp³-hybridized carbons (Fsp3) is 0.227. The lowest BCUT2D eigenvalue weighted by Crippen LogP contribution is -2.49. The number of thioether (sulfide) groups is 1. The molecule has 1 aromatic heterocycles. The predicted octanol–water partition coefficient (Wildman–Crippen LogP) is 2.70. The average molecular weight is 452 g/mol. The van der Waals surface area contributed by atoms with Crippen LogP contribution in [-0.4, -0.2) is 35.4 Å². The molecule has 0 saturated carbocycles. The smallest absolute Gasteiger partial charge is 0.241 e. The van der Waals surface area contributed by atoms with Crippen LogP contribution in [0.3, 0.4) is 0 Å². The molecule has 0 radical (unpaired) electrons. The van der Waals surface area contributed by atoms with E-state index in [4.69, 9.17) is 4.99 Å². The SMILES string of the molecule is O=C(CSC1=NC2NNCC2C(=O)N1c1cccc2ccccc12)NCc1cccs1. The molecule has 3 heterocycles. The molecule has 2 aromatic carbocycles. The van der Waals surface area contributed by atoms with Gasteiger partial charge in [-0.2, -0.15) is 0 Å². The summed E-state index contributed by atoms with van der Waals surface area (Å²) in [6.07, 6.45) is -0.324. The maximum Gasteiger partial charge on any atom is 0.241 e. The summed E-state index contributed by atoms with van der Waals surface area (Å²) < 4.78 is 0. The molecule has 1 fully saturated rings. The van der Waals surface area contributed by atoms with Crippen molar-refractivity contribution in [2.75, 3.05) is 17.2 Å². The first-order chi connectivity index (χ1) is 15.2. The second-order valence-electron chi connectivity index (χ2n) is 7.30. The Kier molecular flexibility index (Phi) is 5.73. The number of hydrogen-bond donors (Lipinski definition) is 3. The van der Waals surface area contributed by atoms with Gasteiger partial charge in [0.05, 0.1) is 23.9 Å². The first-order valence-electron chi connectivity index (χ1n) is 10.0. The molecule has 2 aliphatic rings. The summed E-state index contributed by atoms with van der Waals surface area (Å²) in [7, 11) is 0. The van der Waals surface area contributed by atoms with Crippen molar-refractivity contribution in [3.63, 3.8) is 0 Å². The van der Waals surface area contributed by atoms with Crippen LogP contribution in [0, 0.1) is 5.92 Å². The molecule has 7 nitrogen and oxygen atoms in total. The minimum Gasteiger partial charge on any atom is -0.350 e. The van der Waals surface area contributed by atoms with Crippen molar-refractivity contribution in [2.45, 2.75) is 12.7 Å². The Bertz CT molecular complexity index is 1140. The van der Waals surface area contributed by atoms with Crippen molar-refractivity contribution in [1.82, 2.24) is 16.2 Å². The van der Waals surface area contributed by atoms with E-state index in [1.54, 1.807) is 16.2 Å². The van der Waals surface area contributed by atoms with Crippen LogP contribution in [-0.2, 0) is 16.1 Å². The van der Waals surface area contributed by atoms with Crippen LogP contribution in [0.5, 0.6) is 0 Å². The molecule has 31 heavy (non-hydrogen) atoms. The minimum atomic E-state index is -0.324. The van der Waals surface area contributed by atoms with Crippen molar-refractivity contribution in [3.05, 3.63) is 64.9 Å². The van der Waals surface area contributed by atoms with Crippen LogP contribution >= 0.6 is 23.1 Å². The lowest BCUT2D eigenvalue weighted by atomic mass is 10.0. The summed E-state index contributed by atoms with van der Waals surface area (Å²) in [5.74, 6) is -0.207. The molecule has 3 aromatic rings. The Hall–Kier alpha value is -2.72. The number of nitrogens with one attached hydrogen (secondary N) is 3. The zero-order chi connectivity index (χ0) is 21.2. The van der Waals surface area contributed by atoms with E-state index in [0.717, 1.165) is 21.3 Å². The van der Waals surface area contributed by atoms with Crippen LogP contribution in [0.4, 0.5) is 5.69 Å². The van der Waals surface area contributed by atoms with Gasteiger partial charge in [0.1, 0.15) is 6.17 Å². The van der Waals surface area contributed by atoms with E-state index in [9.17, 15) is 9.59 Å². The number of hydrazine groups is 1. The molecule has 2 atom stereocenters. The van der Waals surface area contributed by atoms with Gasteiger partial charge in [-0.05, 0) is 22.9 Å². The number of thiophene rings is 1. The van der Waals surface area contributed by atoms with E-state index in [2.05, 4.69) is 16.2 Å². The first kappa shape index (κ1) is 20.2. The Labute approximate surface area is 187 Å². The topological polar surface area (TPSA) is 85.8 Å². The third kappa shape index (κ3) is 4.09. The molecule has 3 N–H and O–H groups in total. The van der Waals surface area contributed by atoms with Crippen molar-refractivity contribution >= 4 is 56.5 Å². The molecule has 158 valence electrons. The summed E-state index contributed by atoms with van der Waals surface area (Å²) in [6, 6.07) is 17.8. The molecule has 0 aliphatic carbocycles. The fourth-order valence-corrected chi connectivity index (χ4v) is 5.29. The monoisotopic (exact) mass is 451 g/mol. The van der Waals surface area contributed by atoms with Gasteiger partial charge < -0.3 is 5.32 Å². The number of aliphatic imine (C=N–C) groups is 1. The van der Waals surface area contributed by atoms with E-state index in [0.29, 0.717) is 18.3 Å². The van der Waals surface area contributed by atoms with Gasteiger partial charge in [-0.25, -0.2) is 10.4 Å². The molecule has 1 saturated heterocycles. The number of amides is 2. The van der Waals surface area contributed by atoms with Crippen LogP contribution in [0.15, 0.2) is 65.0 Å². The third-order valence-electron chi connectivity index (χ3n) is 5.31. The highest BCUT2D eigenvalue weighted by molar-refractivity contribution is 8.14. The predicted molar refractivity (Wildman–Crippen MR) is 126 cm³/mol. The van der Waals surface area contributed by atoms with Gasteiger partial charge in [-0.1, -0.05) is 54.2 Å². The Morgan fingerprint density at radius 3 is 2.94 bits per heavy atom. The molecule has 2 amide bonds. The first-order valence-corrected chi connectivity index (χ1v) is 11.9. The Morgan fingerprint density at radius 2 is 2.06 bits per heavy atom. The highest BCUT2D eigenvalue weighted by Crippen LogP contribution is 2.33. The lowest BCUT2D eigenvalue weighted by molar-refractivity contribution is -0.121. The summed E-state index contributed by atoms with van der Waals surface area (Å²) in [5, 5.41) is 7.48. The fourth-order valence-electron chi connectivity index (χ4n) is 3.77. The maximum absolute atomic E-state index is 13.4. The van der Waals surface area contributed by atoms with E-state index >= 15 is 0 Å². The second-order valence-corrected chi connectivity index (χ2v) is 9.28. The number of carbonyl (C=O) groups is 2. The van der Waals surface area contributed by atoms with Gasteiger partial charge in [-0.15, -0.1) is 11.3 Å². The Balaban J connectivity index is 1.40. The van der Waals surface area contributed by atoms with Gasteiger partial charge in [0.25, 0.3) is 0 Å². The number of benzene rings is 2. The summed E-state index contributed by atoms with van der Waals surface area (Å²) in [4.78, 5) is 33.4. The normalized spacial score (nSPS) is 20.6. The number of nitrogens with zero attached hydrogens (tertiary/aromatic N) is 2. The van der Waals surface area contributed by atoms with Crippen LogP contribution in [0.2, 0.25) is 0 Å². The number of fused-ring (bicyclic) bond motifs is 2. The molecular formula is C22H21N5O2S2. The highest BCUT2D eigenvalue weighted by atomic mass is 32.2. The van der Waals surface area contributed by atoms with Gasteiger partial charge >= 0.3 is 0 Å². The molecule has 2 aliphatic heterocycles. The number of rotatable bonds is 5. The van der Waals surface area contributed by atoms with Gasteiger partial charge in [0.2, 0.25) is 11.8 Å². The molecule has 0 bridgehead atoms. The summed E-state index contributed by atoms with van der Waals surface area (Å²) >= 11 is 2.89. The quantitative estimate of drug-likeness (QED) is 0.555. The molecular weight excluding hydrogens is 430 g/mol. The minimum absolute atomic E-state index is 0.0182. The standard InChI is InChI=1S/C22H21N5O2S2/c28-19(23-11-15-7-4-10-30-15)13-31-22-25-20-17(12-24-26-20)21(29)27(22)18-9-3-6-14-5-1-2-8-16(14)18/h1-10,17,20,24,26H,11-13H2,(H,23,28). The van der Waals surface area contributed by atoms with E-state index in [1.165, 1.54) is 11.8 Å². The maximum atomic E-state index is 13.4. The van der Waals surface area contributed by atoms with E-state index in [1.807, 2.05) is 60.0 Å². The summed E-state index contributed by atoms with van der Waals surface area (Å²) in [5.41, 5.74) is 6.89. The van der Waals surface area contributed by atoms with Crippen molar-refractivity contribution in [1.29, 1.82) is 0 Å². The van der Waals surface area contributed by atoms with Gasteiger partial charge in [0, 0.05) is 16.8 Å². The van der Waals surface area contributed by atoms with Gasteiger partial charge in [0.15, 0.2) is 5.17 Å². The lowest BCUT2D eigenvalue weighted by Gasteiger charge is -2.33. The molecule has 0 spiro atoms. The van der Waals surface area contributed by atoms with Crippen molar-refractivity contribution in [3.8, 4) is 0 Å². The Morgan fingerprint density at radius 1 is 1.19 bits per heavy atom. The third-order valence-corrected chi connectivity index (χ3v) is 7.14. The highest BCUT2D eigenvalue weighted by Gasteiger charge is 2.42. The average Bonchev–Trinajstić information content (AvgIpc) is 3.48. The zero-order valence-corrected chi connectivity index (χ0v) is 18.2. The number of amidine groups is 1. The van der Waals surface area contributed by atoms with Crippen LogP contribution in [0.1, 0.15) is 4.88 Å². The largest absolute Gasteiger partial charge is 0.350 e. The van der Waals surface area contributed by atoms with Crippen molar-refractivity contribution < 1.29 is 9.59 Å². The molecule has 9 heteroatoms. The zero-order valence-electron chi connectivity index (χ0n) is 16.6. The van der Waals surface area contributed by atoms with Gasteiger partial charge in [-0.3, -0.25) is 19.9 Å². The van der Waals surface area contributed by atoms with Crippen LogP contribution in [0.25, 0.3) is 10.8 Å². The molecule has 5 rings (SSSR count). The van der Waals surface area contributed by atoms with Crippen molar-refractivity contribution in [2.24, 2.45) is 10.9 Å². The number of anilines is 1. The summed E-state index contributed by atoms with van der Waals surface area (Å²) in [6.45, 7) is 1.03. The van der Waals surface area contributed by atoms with E-state index < -0.39 is 0 Å². The van der Waals surface area contributed by atoms with Crippen LogP contribution < -0.4 is 21.1 Å². The molecule has 2 unspecified atom stereocenters. The van der Waals surface area contributed by atoms with E-state index in [-0.39, 0.29) is 29.7 Å². The second kappa shape index (κ2) is 8.80.